The van der Waals surface area contributed by atoms with Gasteiger partial charge in [0, 0.05) is 11.6 Å². The molecule has 0 aliphatic carbocycles. The molecule has 0 bridgehead atoms. The number of hydrogen-bond acceptors (Lipinski definition) is 3. The molecule has 1 heterocycles. The largest absolute Gasteiger partial charge is 0.294 e. The Bertz CT molecular complexity index is 499. The van der Waals surface area contributed by atoms with E-state index in [1.165, 1.54) is 0 Å². The van der Waals surface area contributed by atoms with Gasteiger partial charge in [-0.2, -0.15) is 16.6 Å². The van der Waals surface area contributed by atoms with Crippen molar-refractivity contribution >= 4 is 22.9 Å². The van der Waals surface area contributed by atoms with Crippen LogP contribution in [0.5, 0.6) is 0 Å². The average molecular weight is 263 g/mol. The van der Waals surface area contributed by atoms with Gasteiger partial charge in [-0.25, -0.2) is 0 Å². The van der Waals surface area contributed by atoms with E-state index in [9.17, 15) is 0 Å². The molecule has 2 nitrogen and oxygen atoms in total. The fourth-order valence-electron chi connectivity index (χ4n) is 1.50. The topological polar surface area (TPSA) is 35.8 Å². The van der Waals surface area contributed by atoms with Crippen LogP contribution < -0.4 is 5.32 Å². The van der Waals surface area contributed by atoms with Gasteiger partial charge in [-0.15, -0.1) is 0 Å². The van der Waals surface area contributed by atoms with E-state index >= 15 is 0 Å². The maximum absolute atomic E-state index is 9.09. The van der Waals surface area contributed by atoms with Crippen molar-refractivity contribution in [2.75, 3.05) is 0 Å². The van der Waals surface area contributed by atoms with Gasteiger partial charge >= 0.3 is 0 Å². The second-order valence-corrected chi connectivity index (χ2v) is 4.84. The second kappa shape index (κ2) is 5.83. The molecule has 1 aromatic heterocycles. The number of benzene rings is 1. The predicted octanol–water partition coefficient (Wildman–Crippen LogP) is 3.76. The van der Waals surface area contributed by atoms with Gasteiger partial charge < -0.3 is 0 Å². The Morgan fingerprint density at radius 1 is 1.29 bits per heavy atom. The summed E-state index contributed by atoms with van der Waals surface area (Å²) in [6, 6.07) is 11.6. The van der Waals surface area contributed by atoms with Gasteiger partial charge in [0.15, 0.2) is 0 Å². The van der Waals surface area contributed by atoms with Crippen molar-refractivity contribution in [2.24, 2.45) is 0 Å². The first-order chi connectivity index (χ1) is 8.29. The zero-order chi connectivity index (χ0) is 12.1. The molecule has 1 atom stereocenters. The van der Waals surface area contributed by atoms with Gasteiger partial charge in [-0.05, 0) is 40.1 Å². The molecule has 0 saturated heterocycles. The standard InChI is InChI=1S/C13H11ClN2S/c14-12-3-1-10(2-4-12)8-16-13(7-15)11-5-6-17-9-11/h1-6,9,13,16H,8H2. The van der Waals surface area contributed by atoms with Crippen molar-refractivity contribution in [3.63, 3.8) is 0 Å². The Morgan fingerprint density at radius 2 is 2.06 bits per heavy atom. The highest BCUT2D eigenvalue weighted by Crippen LogP contribution is 2.16. The number of halogens is 1. The molecule has 0 amide bonds. The van der Waals surface area contributed by atoms with Crippen LogP contribution in [0.25, 0.3) is 0 Å². The molecule has 2 rings (SSSR count). The first-order valence-corrected chi connectivity index (χ1v) is 6.51. The van der Waals surface area contributed by atoms with Gasteiger partial charge in [-0.1, -0.05) is 23.7 Å². The molecule has 4 heteroatoms. The van der Waals surface area contributed by atoms with Crippen molar-refractivity contribution in [3.05, 3.63) is 57.2 Å². The summed E-state index contributed by atoms with van der Waals surface area (Å²) < 4.78 is 0. The molecule has 86 valence electrons. The van der Waals surface area contributed by atoms with Crippen LogP contribution in [0.1, 0.15) is 17.2 Å². The fraction of sp³-hybridized carbons (Fsp3) is 0.154. The van der Waals surface area contributed by atoms with Gasteiger partial charge in [0.1, 0.15) is 6.04 Å². The van der Waals surface area contributed by atoms with Crippen molar-refractivity contribution in [1.29, 1.82) is 5.26 Å². The van der Waals surface area contributed by atoms with E-state index in [-0.39, 0.29) is 6.04 Å². The first-order valence-electron chi connectivity index (χ1n) is 5.19. The quantitative estimate of drug-likeness (QED) is 0.911. The Kier molecular flexibility index (Phi) is 4.16. The molecule has 1 N–H and O–H groups in total. The van der Waals surface area contributed by atoms with Crippen LogP contribution in [0.4, 0.5) is 0 Å². The zero-order valence-electron chi connectivity index (χ0n) is 9.06. The summed E-state index contributed by atoms with van der Waals surface area (Å²) in [6.07, 6.45) is 0. The molecule has 1 aromatic carbocycles. The number of thiophene rings is 1. The Labute approximate surface area is 109 Å². The lowest BCUT2D eigenvalue weighted by Crippen LogP contribution is -2.18. The van der Waals surface area contributed by atoms with Crippen molar-refractivity contribution < 1.29 is 0 Å². The van der Waals surface area contributed by atoms with E-state index < -0.39 is 0 Å². The number of hydrogen-bond donors (Lipinski definition) is 1. The smallest absolute Gasteiger partial charge is 0.122 e. The predicted molar refractivity (Wildman–Crippen MR) is 71.0 cm³/mol. The minimum atomic E-state index is -0.253. The van der Waals surface area contributed by atoms with E-state index in [1.807, 2.05) is 41.1 Å². The number of nitrogens with one attached hydrogen (secondary N) is 1. The van der Waals surface area contributed by atoms with Crippen LogP contribution in [0.2, 0.25) is 5.02 Å². The third-order valence-corrected chi connectivity index (χ3v) is 3.38. The summed E-state index contributed by atoms with van der Waals surface area (Å²) in [5, 5.41) is 17.0. The molecule has 0 saturated carbocycles. The average Bonchev–Trinajstić information content (AvgIpc) is 2.86. The molecule has 2 aromatic rings. The first kappa shape index (κ1) is 12.1. The van der Waals surface area contributed by atoms with E-state index in [0.717, 1.165) is 16.1 Å². The van der Waals surface area contributed by atoms with Crippen LogP contribution >= 0.6 is 22.9 Å². The Balaban J connectivity index is 1.97. The molecular weight excluding hydrogens is 252 g/mol. The van der Waals surface area contributed by atoms with Crippen LogP contribution in [-0.4, -0.2) is 0 Å². The minimum Gasteiger partial charge on any atom is -0.294 e. The van der Waals surface area contributed by atoms with Crippen LogP contribution in [-0.2, 0) is 6.54 Å². The number of rotatable bonds is 4. The van der Waals surface area contributed by atoms with Crippen molar-refractivity contribution in [1.82, 2.24) is 5.32 Å². The van der Waals surface area contributed by atoms with Crippen LogP contribution in [0.3, 0.4) is 0 Å². The maximum atomic E-state index is 9.09. The minimum absolute atomic E-state index is 0.253. The molecule has 0 fully saturated rings. The maximum Gasteiger partial charge on any atom is 0.122 e. The Morgan fingerprint density at radius 3 is 2.65 bits per heavy atom. The summed E-state index contributed by atoms with van der Waals surface area (Å²) >= 11 is 7.41. The van der Waals surface area contributed by atoms with E-state index in [2.05, 4.69) is 11.4 Å². The number of nitrogens with zero attached hydrogens (tertiary/aromatic N) is 1. The summed E-state index contributed by atoms with van der Waals surface area (Å²) in [7, 11) is 0. The lowest BCUT2D eigenvalue weighted by molar-refractivity contribution is 0.632. The lowest BCUT2D eigenvalue weighted by Gasteiger charge is -2.10. The van der Waals surface area contributed by atoms with Crippen molar-refractivity contribution in [2.45, 2.75) is 12.6 Å². The van der Waals surface area contributed by atoms with Crippen LogP contribution in [0, 0.1) is 11.3 Å². The SMILES string of the molecule is N#CC(NCc1ccc(Cl)cc1)c1ccsc1. The van der Waals surface area contributed by atoms with E-state index in [1.54, 1.807) is 11.3 Å². The van der Waals surface area contributed by atoms with E-state index in [0.29, 0.717) is 6.54 Å². The summed E-state index contributed by atoms with van der Waals surface area (Å²) in [4.78, 5) is 0. The summed E-state index contributed by atoms with van der Waals surface area (Å²) in [5.41, 5.74) is 2.14. The third kappa shape index (κ3) is 3.31. The Hall–Kier alpha value is -1.34. The molecule has 1 unspecified atom stereocenters. The highest BCUT2D eigenvalue weighted by molar-refractivity contribution is 7.08. The highest BCUT2D eigenvalue weighted by atomic mass is 35.5. The molecule has 0 aliphatic rings. The fourth-order valence-corrected chi connectivity index (χ4v) is 2.31. The number of nitriles is 1. The van der Waals surface area contributed by atoms with Gasteiger partial charge in [-0.3, -0.25) is 5.32 Å². The zero-order valence-corrected chi connectivity index (χ0v) is 10.6. The van der Waals surface area contributed by atoms with Crippen molar-refractivity contribution in [3.8, 4) is 6.07 Å². The monoisotopic (exact) mass is 262 g/mol. The third-order valence-electron chi connectivity index (χ3n) is 2.43. The van der Waals surface area contributed by atoms with E-state index in [4.69, 9.17) is 16.9 Å². The molecule has 0 aliphatic heterocycles. The van der Waals surface area contributed by atoms with Crippen LogP contribution in [0.15, 0.2) is 41.1 Å². The lowest BCUT2D eigenvalue weighted by atomic mass is 10.1. The van der Waals surface area contributed by atoms with Gasteiger partial charge in [0.05, 0.1) is 6.07 Å². The molecular formula is C13H11ClN2S. The molecule has 17 heavy (non-hydrogen) atoms. The molecule has 0 radical (unpaired) electrons. The summed E-state index contributed by atoms with van der Waals surface area (Å²) in [6.45, 7) is 0.658. The normalized spacial score (nSPS) is 12.0. The van der Waals surface area contributed by atoms with Gasteiger partial charge in [0.2, 0.25) is 0 Å². The van der Waals surface area contributed by atoms with Gasteiger partial charge in [0.25, 0.3) is 0 Å². The molecule has 0 spiro atoms. The summed E-state index contributed by atoms with van der Waals surface area (Å²) in [5.74, 6) is 0. The highest BCUT2D eigenvalue weighted by Gasteiger charge is 2.09. The second-order valence-electron chi connectivity index (χ2n) is 3.63.